The highest BCUT2D eigenvalue weighted by atomic mass is 35.5. The Hall–Kier alpha value is -3.75. The summed E-state index contributed by atoms with van der Waals surface area (Å²) in [4.78, 5) is 16.5. The molecular weight excluding hydrogens is 400 g/mol. The second-order valence-corrected chi connectivity index (χ2v) is 6.80. The van der Waals surface area contributed by atoms with Gasteiger partial charge in [0.15, 0.2) is 11.5 Å². The van der Waals surface area contributed by atoms with Gasteiger partial charge in [0.2, 0.25) is 5.91 Å². The van der Waals surface area contributed by atoms with Crippen LogP contribution in [0.2, 0.25) is 5.02 Å². The SMILES string of the molecule is O=C(/C=C/c1cc(Cl)c2c(c1)OCCO2)Nc1cccc(C#Cc2ccccn2)c1. The van der Waals surface area contributed by atoms with E-state index in [1.54, 1.807) is 30.5 Å². The number of anilines is 1. The fraction of sp³-hybridized carbons (Fsp3) is 0.0833. The van der Waals surface area contributed by atoms with Gasteiger partial charge in [-0.1, -0.05) is 29.7 Å². The van der Waals surface area contributed by atoms with Crippen molar-refractivity contribution in [3.8, 4) is 23.3 Å². The molecule has 0 radical (unpaired) electrons. The highest BCUT2D eigenvalue weighted by Gasteiger charge is 2.15. The van der Waals surface area contributed by atoms with Crippen LogP contribution in [0, 0.1) is 11.8 Å². The van der Waals surface area contributed by atoms with Crippen LogP contribution in [0.1, 0.15) is 16.8 Å². The molecule has 0 saturated carbocycles. The number of pyridine rings is 1. The van der Waals surface area contributed by atoms with E-state index in [4.69, 9.17) is 21.1 Å². The topological polar surface area (TPSA) is 60.5 Å². The van der Waals surface area contributed by atoms with Crippen LogP contribution in [-0.2, 0) is 4.79 Å². The van der Waals surface area contributed by atoms with Crippen molar-refractivity contribution in [3.05, 3.63) is 88.7 Å². The average molecular weight is 417 g/mol. The second-order valence-electron chi connectivity index (χ2n) is 6.40. The number of carbonyl (C=O) groups is 1. The number of amides is 1. The Bertz CT molecular complexity index is 1160. The number of nitrogens with zero attached hydrogens (tertiary/aromatic N) is 1. The van der Waals surface area contributed by atoms with Crippen LogP contribution in [0.4, 0.5) is 5.69 Å². The van der Waals surface area contributed by atoms with E-state index in [1.165, 1.54) is 6.08 Å². The molecule has 2 aromatic carbocycles. The molecule has 6 heteroatoms. The predicted octanol–water partition coefficient (Wildman–Crippen LogP) is 4.56. The normalized spacial score (nSPS) is 12.2. The number of nitrogens with one attached hydrogen (secondary N) is 1. The molecule has 2 heterocycles. The third-order valence-corrected chi connectivity index (χ3v) is 4.46. The first-order chi connectivity index (χ1) is 14.7. The molecule has 1 aromatic heterocycles. The van der Waals surface area contributed by atoms with Gasteiger partial charge in [0, 0.05) is 23.5 Å². The monoisotopic (exact) mass is 416 g/mol. The Morgan fingerprint density at radius 3 is 2.83 bits per heavy atom. The summed E-state index contributed by atoms with van der Waals surface area (Å²) in [5, 5.41) is 3.28. The number of benzene rings is 2. The van der Waals surface area contributed by atoms with E-state index in [0.29, 0.717) is 41.1 Å². The van der Waals surface area contributed by atoms with Crippen molar-refractivity contribution in [2.24, 2.45) is 0 Å². The Kier molecular flexibility index (Phi) is 5.98. The van der Waals surface area contributed by atoms with Crippen molar-refractivity contribution in [2.45, 2.75) is 0 Å². The van der Waals surface area contributed by atoms with Crippen LogP contribution < -0.4 is 14.8 Å². The molecule has 0 unspecified atom stereocenters. The first-order valence-corrected chi connectivity index (χ1v) is 9.66. The third-order valence-electron chi connectivity index (χ3n) is 4.18. The van der Waals surface area contributed by atoms with Gasteiger partial charge >= 0.3 is 0 Å². The van der Waals surface area contributed by atoms with Crippen LogP contribution >= 0.6 is 11.6 Å². The Labute approximate surface area is 179 Å². The molecule has 1 N–H and O–H groups in total. The molecule has 0 spiro atoms. The molecule has 0 atom stereocenters. The smallest absolute Gasteiger partial charge is 0.248 e. The van der Waals surface area contributed by atoms with Gasteiger partial charge in [-0.3, -0.25) is 4.79 Å². The second kappa shape index (κ2) is 9.17. The standard InChI is InChI=1S/C24H17ClN2O3/c25-21-15-18(16-22-24(21)30-13-12-29-22)8-10-23(28)27-20-6-3-4-17(14-20)7-9-19-5-1-2-11-26-19/h1-6,8,10-11,14-16H,12-13H2,(H,27,28)/b10-8+. The molecular formula is C24H17ClN2O3. The minimum atomic E-state index is -0.268. The molecule has 4 rings (SSSR count). The van der Waals surface area contributed by atoms with E-state index < -0.39 is 0 Å². The summed E-state index contributed by atoms with van der Waals surface area (Å²) in [6, 6.07) is 16.4. The number of fused-ring (bicyclic) bond motifs is 1. The van der Waals surface area contributed by atoms with Crippen LogP contribution in [-0.4, -0.2) is 24.1 Å². The van der Waals surface area contributed by atoms with E-state index in [0.717, 1.165) is 11.1 Å². The zero-order chi connectivity index (χ0) is 20.8. The van der Waals surface area contributed by atoms with Crippen LogP contribution in [0.25, 0.3) is 6.08 Å². The average Bonchev–Trinajstić information content (AvgIpc) is 2.77. The molecule has 0 bridgehead atoms. The number of halogens is 1. The van der Waals surface area contributed by atoms with E-state index in [2.05, 4.69) is 22.1 Å². The molecule has 3 aromatic rings. The molecule has 0 fully saturated rings. The Morgan fingerprint density at radius 1 is 1.07 bits per heavy atom. The fourth-order valence-corrected chi connectivity index (χ4v) is 3.10. The van der Waals surface area contributed by atoms with E-state index in [-0.39, 0.29) is 5.91 Å². The molecule has 5 nitrogen and oxygen atoms in total. The van der Waals surface area contributed by atoms with E-state index in [1.807, 2.05) is 36.4 Å². The molecule has 148 valence electrons. The van der Waals surface area contributed by atoms with Gasteiger partial charge in [-0.05, 0) is 60.0 Å². The fourth-order valence-electron chi connectivity index (χ4n) is 2.83. The van der Waals surface area contributed by atoms with Gasteiger partial charge in [-0.2, -0.15) is 0 Å². The van der Waals surface area contributed by atoms with Crippen molar-refractivity contribution in [3.63, 3.8) is 0 Å². The summed E-state index contributed by atoms with van der Waals surface area (Å²) in [5.74, 6) is 6.89. The third kappa shape index (κ3) is 4.99. The maximum absolute atomic E-state index is 12.3. The minimum Gasteiger partial charge on any atom is -0.486 e. The lowest BCUT2D eigenvalue weighted by Gasteiger charge is -2.19. The number of carbonyl (C=O) groups excluding carboxylic acids is 1. The predicted molar refractivity (Wildman–Crippen MR) is 117 cm³/mol. The number of aromatic nitrogens is 1. The largest absolute Gasteiger partial charge is 0.486 e. The maximum Gasteiger partial charge on any atom is 0.248 e. The van der Waals surface area contributed by atoms with Crippen molar-refractivity contribution in [2.75, 3.05) is 18.5 Å². The summed E-state index contributed by atoms with van der Waals surface area (Å²) >= 11 is 6.23. The first-order valence-electron chi connectivity index (χ1n) is 9.29. The summed E-state index contributed by atoms with van der Waals surface area (Å²) in [6.07, 6.45) is 4.81. The first kappa shape index (κ1) is 19.6. The number of rotatable bonds is 3. The van der Waals surface area contributed by atoms with Crippen LogP contribution in [0.3, 0.4) is 0 Å². The summed E-state index contributed by atoms with van der Waals surface area (Å²) in [6.45, 7) is 0.937. The van der Waals surface area contributed by atoms with Crippen molar-refractivity contribution in [1.82, 2.24) is 4.98 Å². The minimum absolute atomic E-state index is 0.268. The molecule has 0 saturated heterocycles. The lowest BCUT2D eigenvalue weighted by atomic mass is 10.1. The van der Waals surface area contributed by atoms with Gasteiger partial charge < -0.3 is 14.8 Å². The highest BCUT2D eigenvalue weighted by Crippen LogP contribution is 2.38. The zero-order valence-corrected chi connectivity index (χ0v) is 16.6. The van der Waals surface area contributed by atoms with Gasteiger partial charge in [0.05, 0.1) is 5.02 Å². The highest BCUT2D eigenvalue weighted by molar-refractivity contribution is 6.32. The summed E-state index contributed by atoms with van der Waals surface area (Å²) in [7, 11) is 0. The van der Waals surface area contributed by atoms with Crippen molar-refractivity contribution in [1.29, 1.82) is 0 Å². The van der Waals surface area contributed by atoms with Crippen LogP contribution in [0.5, 0.6) is 11.5 Å². The molecule has 30 heavy (non-hydrogen) atoms. The maximum atomic E-state index is 12.3. The summed E-state index contributed by atoms with van der Waals surface area (Å²) < 4.78 is 11.1. The quantitative estimate of drug-likeness (QED) is 0.502. The van der Waals surface area contributed by atoms with E-state index in [9.17, 15) is 4.79 Å². The van der Waals surface area contributed by atoms with Gasteiger partial charge in [-0.25, -0.2) is 4.98 Å². The molecule has 1 amide bonds. The van der Waals surface area contributed by atoms with Crippen molar-refractivity contribution < 1.29 is 14.3 Å². The van der Waals surface area contributed by atoms with Gasteiger partial charge in [0.1, 0.15) is 18.9 Å². The number of ether oxygens (including phenoxy) is 2. The number of hydrogen-bond donors (Lipinski definition) is 1. The lowest BCUT2D eigenvalue weighted by Crippen LogP contribution is -2.15. The zero-order valence-electron chi connectivity index (χ0n) is 15.9. The lowest BCUT2D eigenvalue weighted by molar-refractivity contribution is -0.111. The van der Waals surface area contributed by atoms with E-state index >= 15 is 0 Å². The Balaban J connectivity index is 1.43. The van der Waals surface area contributed by atoms with Gasteiger partial charge in [-0.15, -0.1) is 0 Å². The summed E-state index contributed by atoms with van der Waals surface area (Å²) in [5.41, 5.74) is 2.86. The Morgan fingerprint density at radius 2 is 1.97 bits per heavy atom. The molecule has 1 aliphatic heterocycles. The molecule has 0 aliphatic carbocycles. The van der Waals surface area contributed by atoms with Crippen molar-refractivity contribution >= 4 is 29.3 Å². The molecule has 1 aliphatic rings. The van der Waals surface area contributed by atoms with Crippen LogP contribution in [0.15, 0.2) is 66.9 Å². The van der Waals surface area contributed by atoms with Gasteiger partial charge in [0.25, 0.3) is 0 Å². The number of hydrogen-bond acceptors (Lipinski definition) is 4.